The maximum absolute atomic E-state index is 13.5. The molecule has 0 aliphatic heterocycles. The summed E-state index contributed by atoms with van der Waals surface area (Å²) in [7, 11) is -3.75. The minimum Gasteiger partial charge on any atom is -0.459 e. The van der Waals surface area contributed by atoms with Crippen molar-refractivity contribution in [1.82, 2.24) is 4.31 Å². The number of aryl methyl sites for hydroxylation is 2. The Labute approximate surface area is 205 Å². The molecule has 1 heterocycles. The van der Waals surface area contributed by atoms with E-state index in [0.29, 0.717) is 22.2 Å². The Morgan fingerprint density at radius 1 is 0.882 bits per heavy atom. The molecule has 4 aromatic rings. The number of sulfonamides is 1. The van der Waals surface area contributed by atoms with Crippen LogP contribution in [0, 0.1) is 13.8 Å². The number of furan rings is 1. The smallest absolute Gasteiger partial charge is 0.243 e. The van der Waals surface area contributed by atoms with Crippen LogP contribution in [0.25, 0.3) is 0 Å². The van der Waals surface area contributed by atoms with Gasteiger partial charge in [0.05, 0.1) is 23.3 Å². The molecule has 4 rings (SSSR count). The number of aliphatic imine (C=N–C) groups is 1. The predicted octanol–water partition coefficient (Wildman–Crippen LogP) is 6.69. The van der Waals surface area contributed by atoms with E-state index in [0.717, 1.165) is 16.7 Å². The van der Waals surface area contributed by atoms with E-state index in [4.69, 9.17) is 16.0 Å². The Balaban J connectivity index is 1.59. The third-order valence-corrected chi connectivity index (χ3v) is 7.34. The van der Waals surface area contributed by atoms with Crippen LogP contribution in [0.5, 0.6) is 0 Å². The van der Waals surface area contributed by atoms with Gasteiger partial charge in [-0.25, -0.2) is 8.42 Å². The lowest BCUT2D eigenvalue weighted by Gasteiger charge is -2.21. The van der Waals surface area contributed by atoms with Gasteiger partial charge in [-0.3, -0.25) is 4.99 Å². The normalized spacial score (nSPS) is 12.0. The van der Waals surface area contributed by atoms with Gasteiger partial charge in [0.1, 0.15) is 11.5 Å². The number of halogens is 1. The van der Waals surface area contributed by atoms with Crippen LogP contribution in [0.15, 0.2) is 99.2 Å². The largest absolute Gasteiger partial charge is 0.459 e. The zero-order valence-corrected chi connectivity index (χ0v) is 20.6. The molecule has 0 saturated heterocycles. The lowest BCUT2D eigenvalue weighted by molar-refractivity contribution is 0.357. The molecule has 0 bridgehead atoms. The van der Waals surface area contributed by atoms with Crippen molar-refractivity contribution in [2.24, 2.45) is 4.99 Å². The SMILES string of the molecule is Cc1ccc(CN(Cc2ccc(C=Nc3cccc(Cl)c3)o2)S(=O)(=O)c2ccc(C)cc2)cc1. The van der Waals surface area contributed by atoms with Gasteiger partial charge in [-0.05, 0) is 61.9 Å². The molecule has 0 aliphatic rings. The van der Waals surface area contributed by atoms with Gasteiger partial charge < -0.3 is 4.42 Å². The average Bonchev–Trinajstić information content (AvgIpc) is 3.26. The standard InChI is InChI=1S/C27H25ClN2O3S/c1-20-6-10-22(11-7-20)18-30(34(31,32)27-14-8-21(2)9-15-27)19-26-13-12-25(33-26)17-29-24-5-3-4-23(28)16-24/h3-17H,18-19H2,1-2H3. The van der Waals surface area contributed by atoms with Gasteiger partial charge in [0.25, 0.3) is 0 Å². The van der Waals surface area contributed by atoms with E-state index in [2.05, 4.69) is 4.99 Å². The summed E-state index contributed by atoms with van der Waals surface area (Å²) in [6, 6.07) is 25.4. The van der Waals surface area contributed by atoms with Crippen LogP contribution < -0.4 is 0 Å². The fourth-order valence-corrected chi connectivity index (χ4v) is 4.98. The molecule has 5 nitrogen and oxygen atoms in total. The summed E-state index contributed by atoms with van der Waals surface area (Å²) >= 11 is 6.01. The van der Waals surface area contributed by atoms with E-state index in [-0.39, 0.29) is 18.0 Å². The first kappa shape index (κ1) is 24.0. The Morgan fingerprint density at radius 2 is 1.56 bits per heavy atom. The van der Waals surface area contributed by atoms with E-state index in [9.17, 15) is 8.42 Å². The zero-order valence-electron chi connectivity index (χ0n) is 19.0. The van der Waals surface area contributed by atoms with Crippen molar-refractivity contribution in [3.63, 3.8) is 0 Å². The summed E-state index contributed by atoms with van der Waals surface area (Å²) in [5.41, 5.74) is 3.72. The maximum atomic E-state index is 13.5. The zero-order chi connectivity index (χ0) is 24.1. The molecule has 34 heavy (non-hydrogen) atoms. The highest BCUT2D eigenvalue weighted by atomic mass is 35.5. The van der Waals surface area contributed by atoms with Gasteiger partial charge in [0.2, 0.25) is 10.0 Å². The third kappa shape index (κ3) is 6.03. The van der Waals surface area contributed by atoms with Crippen LogP contribution in [-0.4, -0.2) is 18.9 Å². The van der Waals surface area contributed by atoms with Gasteiger partial charge in [0, 0.05) is 11.6 Å². The molecule has 3 aromatic carbocycles. The molecule has 0 amide bonds. The van der Waals surface area contributed by atoms with Crippen molar-refractivity contribution in [1.29, 1.82) is 0 Å². The van der Waals surface area contributed by atoms with Crippen LogP contribution >= 0.6 is 11.6 Å². The Morgan fingerprint density at radius 3 is 2.24 bits per heavy atom. The molecular formula is C27H25ClN2O3S. The molecule has 0 radical (unpaired) electrons. The second-order valence-corrected chi connectivity index (χ2v) is 10.5. The van der Waals surface area contributed by atoms with E-state index in [1.165, 1.54) is 4.31 Å². The van der Waals surface area contributed by atoms with Crippen molar-refractivity contribution in [3.8, 4) is 0 Å². The third-order valence-electron chi connectivity index (χ3n) is 5.30. The van der Waals surface area contributed by atoms with Crippen LogP contribution in [-0.2, 0) is 23.1 Å². The molecule has 0 N–H and O–H groups in total. The van der Waals surface area contributed by atoms with Crippen molar-refractivity contribution < 1.29 is 12.8 Å². The molecule has 0 spiro atoms. The van der Waals surface area contributed by atoms with E-state index < -0.39 is 10.0 Å². The molecule has 7 heteroatoms. The molecule has 0 aliphatic carbocycles. The molecule has 174 valence electrons. The van der Waals surface area contributed by atoms with Crippen LogP contribution in [0.4, 0.5) is 5.69 Å². The number of benzene rings is 3. The minimum absolute atomic E-state index is 0.0924. The van der Waals surface area contributed by atoms with Crippen molar-refractivity contribution in [2.75, 3.05) is 0 Å². The summed E-state index contributed by atoms with van der Waals surface area (Å²) in [5.74, 6) is 1.05. The number of hydrogen-bond acceptors (Lipinski definition) is 4. The highest BCUT2D eigenvalue weighted by molar-refractivity contribution is 7.89. The Kier molecular flexibility index (Phi) is 7.32. The second kappa shape index (κ2) is 10.4. The molecule has 0 fully saturated rings. The summed E-state index contributed by atoms with van der Waals surface area (Å²) in [6.07, 6.45) is 1.59. The van der Waals surface area contributed by atoms with Crippen LogP contribution in [0.2, 0.25) is 5.02 Å². The Hall–Kier alpha value is -3.19. The Bertz CT molecular complexity index is 1390. The van der Waals surface area contributed by atoms with E-state index in [1.54, 1.807) is 54.7 Å². The van der Waals surface area contributed by atoms with Crippen molar-refractivity contribution in [3.05, 3.63) is 118 Å². The van der Waals surface area contributed by atoms with Crippen LogP contribution in [0.1, 0.15) is 28.2 Å². The first-order chi connectivity index (χ1) is 16.3. The first-order valence-electron chi connectivity index (χ1n) is 10.8. The number of nitrogens with zero attached hydrogens (tertiary/aromatic N) is 2. The monoisotopic (exact) mass is 492 g/mol. The van der Waals surface area contributed by atoms with Gasteiger partial charge in [-0.2, -0.15) is 4.31 Å². The topological polar surface area (TPSA) is 62.9 Å². The van der Waals surface area contributed by atoms with Gasteiger partial charge in [0.15, 0.2) is 0 Å². The molecule has 0 unspecified atom stereocenters. The van der Waals surface area contributed by atoms with Gasteiger partial charge in [-0.1, -0.05) is 65.2 Å². The highest BCUT2D eigenvalue weighted by Gasteiger charge is 2.26. The quantitative estimate of drug-likeness (QED) is 0.257. The fourth-order valence-electron chi connectivity index (χ4n) is 3.40. The van der Waals surface area contributed by atoms with Gasteiger partial charge >= 0.3 is 0 Å². The van der Waals surface area contributed by atoms with Crippen molar-refractivity contribution in [2.45, 2.75) is 31.8 Å². The van der Waals surface area contributed by atoms with Gasteiger partial charge in [-0.15, -0.1) is 0 Å². The molecular weight excluding hydrogens is 468 g/mol. The first-order valence-corrected chi connectivity index (χ1v) is 12.6. The highest BCUT2D eigenvalue weighted by Crippen LogP contribution is 2.23. The van der Waals surface area contributed by atoms with E-state index in [1.807, 2.05) is 50.2 Å². The fraction of sp³-hybridized carbons (Fsp3) is 0.148. The molecule has 0 saturated carbocycles. The number of hydrogen-bond donors (Lipinski definition) is 0. The number of rotatable bonds is 8. The summed E-state index contributed by atoms with van der Waals surface area (Å²) < 4.78 is 34.3. The molecule has 0 atom stereocenters. The van der Waals surface area contributed by atoms with E-state index >= 15 is 0 Å². The van der Waals surface area contributed by atoms with Crippen molar-refractivity contribution >= 4 is 33.5 Å². The maximum Gasteiger partial charge on any atom is 0.243 e. The average molecular weight is 493 g/mol. The summed E-state index contributed by atoms with van der Waals surface area (Å²) in [4.78, 5) is 4.62. The lowest BCUT2D eigenvalue weighted by Crippen LogP contribution is -2.30. The second-order valence-electron chi connectivity index (χ2n) is 8.11. The lowest BCUT2D eigenvalue weighted by atomic mass is 10.1. The summed E-state index contributed by atoms with van der Waals surface area (Å²) in [6.45, 7) is 4.24. The molecule has 1 aromatic heterocycles. The summed E-state index contributed by atoms with van der Waals surface area (Å²) in [5, 5.41) is 0.600. The van der Waals surface area contributed by atoms with Crippen LogP contribution in [0.3, 0.4) is 0 Å². The minimum atomic E-state index is -3.75. The predicted molar refractivity (Wildman–Crippen MR) is 136 cm³/mol.